The molecule has 1 aliphatic rings. The molecule has 1 fully saturated rings. The summed E-state index contributed by atoms with van der Waals surface area (Å²) in [5, 5.41) is 3.04. The van der Waals surface area contributed by atoms with Crippen LogP contribution in [0, 0.1) is 0 Å². The van der Waals surface area contributed by atoms with Crippen molar-refractivity contribution in [3.05, 3.63) is 84.1 Å². The van der Waals surface area contributed by atoms with Crippen LogP contribution in [0.3, 0.4) is 0 Å². The van der Waals surface area contributed by atoms with Gasteiger partial charge < -0.3 is 15.0 Å². The van der Waals surface area contributed by atoms with E-state index < -0.39 is 0 Å². The van der Waals surface area contributed by atoms with E-state index in [0.29, 0.717) is 26.2 Å². The largest absolute Gasteiger partial charge is 0.378 e. The maximum atomic E-state index is 12.5. The minimum atomic E-state index is 0.00856. The van der Waals surface area contributed by atoms with Crippen LogP contribution in [0.5, 0.6) is 0 Å². The molecule has 2 heterocycles. The molecule has 3 aromatic rings. The average molecular weight is 387 g/mol. The van der Waals surface area contributed by atoms with E-state index in [0.717, 1.165) is 35.6 Å². The van der Waals surface area contributed by atoms with Crippen molar-refractivity contribution < 1.29 is 9.53 Å². The Morgan fingerprint density at radius 2 is 1.66 bits per heavy atom. The number of hydrogen-bond donors (Lipinski definition) is 1. The van der Waals surface area contributed by atoms with E-state index in [1.807, 2.05) is 42.5 Å². The van der Waals surface area contributed by atoms with Crippen LogP contribution in [0.4, 0.5) is 5.82 Å². The topological polar surface area (TPSA) is 54.5 Å². The van der Waals surface area contributed by atoms with Gasteiger partial charge in [-0.1, -0.05) is 60.7 Å². The van der Waals surface area contributed by atoms with Crippen molar-refractivity contribution in [2.24, 2.45) is 0 Å². The first-order valence-corrected chi connectivity index (χ1v) is 9.97. The van der Waals surface area contributed by atoms with Crippen molar-refractivity contribution in [1.82, 2.24) is 10.3 Å². The van der Waals surface area contributed by atoms with Gasteiger partial charge in [0.05, 0.1) is 19.6 Å². The van der Waals surface area contributed by atoms with E-state index in [1.54, 1.807) is 6.20 Å². The number of benzene rings is 2. The van der Waals surface area contributed by atoms with Gasteiger partial charge in [-0.3, -0.25) is 4.79 Å². The van der Waals surface area contributed by atoms with Crippen LogP contribution >= 0.6 is 0 Å². The van der Waals surface area contributed by atoms with E-state index in [2.05, 4.69) is 39.5 Å². The zero-order valence-electron chi connectivity index (χ0n) is 16.4. The molecule has 1 aromatic heterocycles. The Bertz CT molecular complexity index is 936. The third-order valence-corrected chi connectivity index (χ3v) is 5.08. The molecular formula is C24H25N3O2. The lowest BCUT2D eigenvalue weighted by molar-refractivity contribution is -0.120. The van der Waals surface area contributed by atoms with Crippen molar-refractivity contribution in [3.8, 4) is 11.1 Å². The molecule has 0 spiro atoms. The lowest BCUT2D eigenvalue weighted by atomic mass is 10.0. The molecule has 148 valence electrons. The second-order valence-electron chi connectivity index (χ2n) is 7.10. The number of morpholine rings is 1. The molecule has 0 saturated carbocycles. The number of carbonyl (C=O) groups excluding carboxylic acids is 1. The maximum absolute atomic E-state index is 12.5. The lowest BCUT2D eigenvalue weighted by Crippen LogP contribution is -2.38. The zero-order valence-corrected chi connectivity index (χ0v) is 16.4. The quantitative estimate of drug-likeness (QED) is 0.704. The number of rotatable bonds is 6. The highest BCUT2D eigenvalue weighted by Crippen LogP contribution is 2.20. The second-order valence-corrected chi connectivity index (χ2v) is 7.10. The van der Waals surface area contributed by atoms with Crippen LogP contribution in [-0.2, 0) is 22.5 Å². The van der Waals surface area contributed by atoms with Crippen LogP contribution in [0.15, 0.2) is 72.9 Å². The van der Waals surface area contributed by atoms with Crippen LogP contribution in [0.2, 0.25) is 0 Å². The van der Waals surface area contributed by atoms with Crippen molar-refractivity contribution in [2.75, 3.05) is 31.2 Å². The number of pyridine rings is 1. The van der Waals surface area contributed by atoms with Gasteiger partial charge in [-0.25, -0.2) is 4.98 Å². The molecule has 5 nitrogen and oxygen atoms in total. The van der Waals surface area contributed by atoms with E-state index in [9.17, 15) is 4.79 Å². The highest BCUT2D eigenvalue weighted by molar-refractivity contribution is 5.79. The number of anilines is 1. The molecule has 0 aliphatic carbocycles. The van der Waals surface area contributed by atoms with E-state index >= 15 is 0 Å². The van der Waals surface area contributed by atoms with E-state index in [1.165, 1.54) is 5.56 Å². The van der Waals surface area contributed by atoms with Gasteiger partial charge in [0, 0.05) is 31.4 Å². The summed E-state index contributed by atoms with van der Waals surface area (Å²) in [5.41, 5.74) is 4.36. The number of nitrogens with zero attached hydrogens (tertiary/aromatic N) is 2. The molecular weight excluding hydrogens is 362 g/mol. The first kappa shape index (κ1) is 19.2. The van der Waals surface area contributed by atoms with Gasteiger partial charge in [0.15, 0.2) is 0 Å². The predicted molar refractivity (Wildman–Crippen MR) is 115 cm³/mol. The monoisotopic (exact) mass is 387 g/mol. The van der Waals surface area contributed by atoms with Gasteiger partial charge in [-0.15, -0.1) is 0 Å². The minimum Gasteiger partial charge on any atom is -0.378 e. The van der Waals surface area contributed by atoms with Gasteiger partial charge >= 0.3 is 0 Å². The summed E-state index contributed by atoms with van der Waals surface area (Å²) in [6.45, 7) is 3.54. The third-order valence-electron chi connectivity index (χ3n) is 5.08. The molecule has 5 heteroatoms. The van der Waals surface area contributed by atoms with Gasteiger partial charge in [0.25, 0.3) is 0 Å². The summed E-state index contributed by atoms with van der Waals surface area (Å²) < 4.78 is 5.42. The minimum absolute atomic E-state index is 0.00856. The Labute approximate surface area is 171 Å². The fourth-order valence-electron chi connectivity index (χ4n) is 3.52. The Morgan fingerprint density at radius 1 is 0.931 bits per heavy atom. The Morgan fingerprint density at radius 3 is 2.41 bits per heavy atom. The van der Waals surface area contributed by atoms with Gasteiger partial charge in [0.2, 0.25) is 5.91 Å². The fourth-order valence-corrected chi connectivity index (χ4v) is 3.52. The smallest absolute Gasteiger partial charge is 0.224 e. The van der Waals surface area contributed by atoms with E-state index in [4.69, 9.17) is 4.74 Å². The van der Waals surface area contributed by atoms with Crippen LogP contribution in [0.25, 0.3) is 11.1 Å². The summed E-state index contributed by atoms with van der Waals surface area (Å²) in [6.07, 6.45) is 2.16. The highest BCUT2D eigenvalue weighted by atomic mass is 16.5. The number of nitrogens with one attached hydrogen (secondary N) is 1. The molecule has 0 unspecified atom stereocenters. The number of amides is 1. The van der Waals surface area contributed by atoms with Crippen molar-refractivity contribution in [2.45, 2.75) is 13.0 Å². The van der Waals surface area contributed by atoms with Crippen molar-refractivity contribution >= 4 is 11.7 Å². The molecule has 29 heavy (non-hydrogen) atoms. The van der Waals surface area contributed by atoms with Crippen LogP contribution < -0.4 is 10.2 Å². The maximum Gasteiger partial charge on any atom is 0.224 e. The molecule has 4 rings (SSSR count). The normalized spacial score (nSPS) is 13.9. The molecule has 0 atom stereocenters. The summed E-state index contributed by atoms with van der Waals surface area (Å²) in [5.74, 6) is 0.942. The van der Waals surface area contributed by atoms with Gasteiger partial charge in [-0.05, 0) is 22.8 Å². The Kier molecular flexibility index (Phi) is 6.17. The number of hydrogen-bond acceptors (Lipinski definition) is 4. The SMILES string of the molecule is O=C(Cc1ccc(-c2ccccc2)cc1)NCc1cccnc1N1CCOCC1. The molecule has 1 aliphatic heterocycles. The fraction of sp³-hybridized carbons (Fsp3) is 0.250. The molecule has 0 radical (unpaired) electrons. The molecule has 2 aromatic carbocycles. The number of carbonyl (C=O) groups is 1. The summed E-state index contributed by atoms with van der Waals surface area (Å²) in [4.78, 5) is 19.2. The van der Waals surface area contributed by atoms with Crippen molar-refractivity contribution in [3.63, 3.8) is 0 Å². The standard InChI is InChI=1S/C24H25N3O2/c28-23(17-19-8-10-21(11-9-19)20-5-2-1-3-6-20)26-18-22-7-4-12-25-24(22)27-13-15-29-16-14-27/h1-12H,13-18H2,(H,26,28). The van der Waals surface area contributed by atoms with Gasteiger partial charge in [0.1, 0.15) is 5.82 Å². The lowest BCUT2D eigenvalue weighted by Gasteiger charge is -2.29. The summed E-state index contributed by atoms with van der Waals surface area (Å²) in [7, 11) is 0. The molecule has 1 N–H and O–H groups in total. The zero-order chi connectivity index (χ0) is 19.9. The highest BCUT2D eigenvalue weighted by Gasteiger charge is 2.16. The van der Waals surface area contributed by atoms with Crippen LogP contribution in [-0.4, -0.2) is 37.2 Å². The number of ether oxygens (including phenoxy) is 1. The molecule has 1 saturated heterocycles. The summed E-state index contributed by atoms with van der Waals surface area (Å²) >= 11 is 0. The first-order valence-electron chi connectivity index (χ1n) is 9.97. The summed E-state index contributed by atoms with van der Waals surface area (Å²) in [6, 6.07) is 22.3. The second kappa shape index (κ2) is 9.34. The van der Waals surface area contributed by atoms with Crippen molar-refractivity contribution in [1.29, 1.82) is 0 Å². The van der Waals surface area contributed by atoms with Crippen LogP contribution in [0.1, 0.15) is 11.1 Å². The van der Waals surface area contributed by atoms with E-state index in [-0.39, 0.29) is 5.91 Å². The third kappa shape index (κ3) is 5.00. The Hall–Kier alpha value is -3.18. The number of aromatic nitrogens is 1. The first-order chi connectivity index (χ1) is 14.3. The predicted octanol–water partition coefficient (Wildman–Crippen LogP) is 3.44. The molecule has 1 amide bonds. The average Bonchev–Trinajstić information content (AvgIpc) is 2.80. The Balaban J connectivity index is 1.35. The molecule has 0 bridgehead atoms. The van der Waals surface area contributed by atoms with Gasteiger partial charge in [-0.2, -0.15) is 0 Å².